The molecule has 11 nitrogen and oxygen atoms in total. The maximum absolute atomic E-state index is 13.6. The van der Waals surface area contributed by atoms with Crippen LogP contribution in [0, 0.1) is 0 Å². The maximum Gasteiger partial charge on any atom is 0.257 e. The van der Waals surface area contributed by atoms with E-state index in [1.165, 1.54) is 0 Å². The summed E-state index contributed by atoms with van der Waals surface area (Å²) in [6, 6.07) is 16.3. The highest BCUT2D eigenvalue weighted by Gasteiger charge is 2.33. The molecular weight excluding hydrogens is 548 g/mol. The molecule has 2 heterocycles. The third-order valence-corrected chi connectivity index (χ3v) is 7.07. The molecule has 0 atom stereocenters. The molecule has 4 rings (SSSR count). The average Bonchev–Trinajstić information content (AvgIpc) is 3.41. The monoisotopic (exact) mass is 593 g/mol. The Morgan fingerprint density at radius 1 is 0.930 bits per heavy atom. The predicted octanol–water partition coefficient (Wildman–Crippen LogP) is 2.84. The van der Waals surface area contributed by atoms with Crippen molar-refractivity contribution >= 4 is 17.5 Å². The summed E-state index contributed by atoms with van der Waals surface area (Å²) >= 11 is 0. The van der Waals surface area contributed by atoms with E-state index in [0.29, 0.717) is 65.3 Å². The molecule has 1 aliphatic rings. The quantitative estimate of drug-likeness (QED) is 0.163. The second kappa shape index (κ2) is 16.9. The second-order valence-electron chi connectivity index (χ2n) is 10.6. The third-order valence-electron chi connectivity index (χ3n) is 7.07. The van der Waals surface area contributed by atoms with Crippen molar-refractivity contribution in [2.75, 3.05) is 57.6 Å². The first-order chi connectivity index (χ1) is 21.0. The largest absolute Gasteiger partial charge is 0.378 e. The highest BCUT2D eigenvalue weighted by molar-refractivity contribution is 6.00. The van der Waals surface area contributed by atoms with Gasteiger partial charge in [0.05, 0.1) is 57.4 Å². The van der Waals surface area contributed by atoms with E-state index in [4.69, 9.17) is 19.3 Å². The molecule has 11 heteroatoms. The van der Waals surface area contributed by atoms with Gasteiger partial charge in [-0.25, -0.2) is 0 Å². The highest BCUT2D eigenvalue weighted by atomic mass is 16.5. The number of H-pyrrole nitrogens is 1. The van der Waals surface area contributed by atoms with Crippen molar-refractivity contribution in [3.05, 3.63) is 54.1 Å². The van der Waals surface area contributed by atoms with Crippen LogP contribution in [0.4, 0.5) is 5.69 Å². The van der Waals surface area contributed by atoms with Crippen LogP contribution >= 0.6 is 0 Å². The van der Waals surface area contributed by atoms with Crippen LogP contribution in [0.3, 0.4) is 0 Å². The molecule has 0 radical (unpaired) electrons. The lowest BCUT2D eigenvalue weighted by atomic mass is 9.95. The Bertz CT molecular complexity index is 1330. The SMILES string of the molecule is CCNC(=O)CCC(=O)N1Cc2ccccc2-c2n[nH][n+](CCOCCOCCOCCNC(C)C)c2-c2ccccc21. The Morgan fingerprint density at radius 3 is 2.35 bits per heavy atom. The zero-order valence-electron chi connectivity index (χ0n) is 25.6. The van der Waals surface area contributed by atoms with Crippen LogP contribution in [0.25, 0.3) is 22.5 Å². The number of amides is 2. The number of para-hydroxylation sites is 1. The number of ether oxygens (including phenoxy) is 3. The van der Waals surface area contributed by atoms with E-state index < -0.39 is 0 Å². The zero-order valence-corrected chi connectivity index (χ0v) is 25.6. The number of carbonyl (C=O) groups is 2. The lowest BCUT2D eigenvalue weighted by molar-refractivity contribution is -0.744. The van der Waals surface area contributed by atoms with E-state index in [2.05, 4.69) is 29.7 Å². The fourth-order valence-corrected chi connectivity index (χ4v) is 5.00. The third kappa shape index (κ3) is 9.17. The van der Waals surface area contributed by atoms with Crippen molar-refractivity contribution in [1.82, 2.24) is 20.9 Å². The van der Waals surface area contributed by atoms with Crippen LogP contribution in [0.15, 0.2) is 48.5 Å². The molecule has 1 aliphatic heterocycles. The van der Waals surface area contributed by atoms with Crippen LogP contribution in [-0.2, 0) is 36.9 Å². The van der Waals surface area contributed by atoms with Gasteiger partial charge in [-0.1, -0.05) is 49.4 Å². The molecule has 2 amide bonds. The molecule has 3 N–H and O–H groups in total. The number of anilines is 1. The summed E-state index contributed by atoms with van der Waals surface area (Å²) in [6.45, 7) is 11.6. The fraction of sp³-hybridized carbons (Fsp3) is 0.500. The van der Waals surface area contributed by atoms with E-state index in [1.807, 2.05) is 60.1 Å². The Morgan fingerprint density at radius 2 is 1.60 bits per heavy atom. The summed E-state index contributed by atoms with van der Waals surface area (Å²) in [7, 11) is 0. The zero-order chi connectivity index (χ0) is 30.4. The number of carbonyl (C=O) groups excluding carboxylic acids is 2. The molecule has 0 unspecified atom stereocenters. The molecule has 0 fully saturated rings. The molecule has 3 aromatic rings. The first kappa shape index (κ1) is 32.3. The number of fused-ring (bicyclic) bond motifs is 5. The summed E-state index contributed by atoms with van der Waals surface area (Å²) in [5.74, 6) is -0.229. The van der Waals surface area contributed by atoms with Crippen molar-refractivity contribution in [2.45, 2.75) is 52.7 Å². The van der Waals surface area contributed by atoms with Gasteiger partial charge in [-0.05, 0) is 30.7 Å². The smallest absolute Gasteiger partial charge is 0.257 e. The molecule has 0 bridgehead atoms. The van der Waals surface area contributed by atoms with E-state index in [-0.39, 0.29) is 24.7 Å². The number of nitrogens with one attached hydrogen (secondary N) is 3. The van der Waals surface area contributed by atoms with Crippen molar-refractivity contribution in [3.8, 4) is 22.5 Å². The second-order valence-corrected chi connectivity index (χ2v) is 10.6. The van der Waals surface area contributed by atoms with Crippen LogP contribution in [-0.4, -0.2) is 80.9 Å². The van der Waals surface area contributed by atoms with Crippen LogP contribution in [0.5, 0.6) is 0 Å². The minimum atomic E-state index is -0.125. The summed E-state index contributed by atoms with van der Waals surface area (Å²) in [4.78, 5) is 27.5. The number of rotatable bonds is 17. The van der Waals surface area contributed by atoms with Crippen LogP contribution in [0.2, 0.25) is 0 Å². The number of aromatic nitrogens is 3. The predicted molar refractivity (Wildman–Crippen MR) is 164 cm³/mol. The van der Waals surface area contributed by atoms with Gasteiger partial charge in [-0.2, -0.15) is 4.68 Å². The number of benzene rings is 2. The van der Waals surface area contributed by atoms with Gasteiger partial charge in [0, 0.05) is 42.6 Å². The Kier molecular flexibility index (Phi) is 12.7. The molecule has 0 spiro atoms. The molecule has 0 saturated carbocycles. The minimum Gasteiger partial charge on any atom is -0.378 e. The van der Waals surface area contributed by atoms with Crippen molar-refractivity contribution < 1.29 is 28.5 Å². The number of hydrogen-bond donors (Lipinski definition) is 3. The standard InChI is InChI=1S/C32H44N6O5/c1-4-33-29(39)13-14-30(40)37-23-25-9-5-6-10-26(25)31-32(27-11-7-8-12-28(27)37)38(36-35-31)16-18-42-20-22-43-21-19-41-17-15-34-24(2)3/h5-12,24,34H,4,13-23H2,1-3H3,(H,33,39)/p+1. The molecule has 43 heavy (non-hydrogen) atoms. The van der Waals surface area contributed by atoms with Gasteiger partial charge in [-0.3, -0.25) is 9.59 Å². The Labute approximate surface area is 253 Å². The number of hydrogen-bond acceptors (Lipinski definition) is 7. The minimum absolute atomic E-state index is 0.104. The van der Waals surface area contributed by atoms with Gasteiger partial charge >= 0.3 is 0 Å². The van der Waals surface area contributed by atoms with Gasteiger partial charge in [0.2, 0.25) is 17.5 Å². The highest BCUT2D eigenvalue weighted by Crippen LogP contribution is 2.39. The summed E-state index contributed by atoms with van der Waals surface area (Å²) < 4.78 is 19.0. The van der Waals surface area contributed by atoms with Gasteiger partial charge < -0.3 is 29.7 Å². The van der Waals surface area contributed by atoms with Crippen LogP contribution < -0.4 is 20.2 Å². The number of aromatic amines is 1. The normalized spacial score (nSPS) is 12.3. The first-order valence-corrected chi connectivity index (χ1v) is 15.2. The Hall–Kier alpha value is -3.64. The molecule has 0 saturated heterocycles. The van der Waals surface area contributed by atoms with Gasteiger partial charge in [0.15, 0.2) is 0 Å². The fourth-order valence-electron chi connectivity index (χ4n) is 5.00. The topological polar surface area (TPSA) is 122 Å². The van der Waals surface area contributed by atoms with E-state index in [1.54, 1.807) is 4.90 Å². The molecule has 2 aromatic carbocycles. The summed E-state index contributed by atoms with van der Waals surface area (Å²) in [5, 5.41) is 14.0. The van der Waals surface area contributed by atoms with Gasteiger partial charge in [-0.15, -0.1) is 0 Å². The lowest BCUT2D eigenvalue weighted by Crippen LogP contribution is -2.41. The van der Waals surface area contributed by atoms with E-state index in [9.17, 15) is 9.59 Å². The summed E-state index contributed by atoms with van der Waals surface area (Å²) in [6.07, 6.45) is 0.270. The maximum atomic E-state index is 13.6. The van der Waals surface area contributed by atoms with Crippen molar-refractivity contribution in [2.24, 2.45) is 0 Å². The van der Waals surface area contributed by atoms with Gasteiger partial charge in [0.1, 0.15) is 6.54 Å². The molecular formula is C32H45N6O5+. The summed E-state index contributed by atoms with van der Waals surface area (Å²) in [5.41, 5.74) is 5.32. The molecule has 232 valence electrons. The van der Waals surface area contributed by atoms with Crippen molar-refractivity contribution in [1.29, 1.82) is 0 Å². The lowest BCUT2D eigenvalue weighted by Gasteiger charge is -2.27. The average molecular weight is 594 g/mol. The van der Waals surface area contributed by atoms with E-state index in [0.717, 1.165) is 40.3 Å². The van der Waals surface area contributed by atoms with Crippen molar-refractivity contribution in [3.63, 3.8) is 0 Å². The first-order valence-electron chi connectivity index (χ1n) is 15.2. The Balaban J connectivity index is 1.41. The molecule has 0 aliphatic carbocycles. The van der Waals surface area contributed by atoms with E-state index >= 15 is 0 Å². The van der Waals surface area contributed by atoms with Gasteiger partial charge in [0.25, 0.3) is 5.69 Å². The number of nitrogens with zero attached hydrogens (tertiary/aromatic N) is 3. The van der Waals surface area contributed by atoms with Crippen LogP contribution in [0.1, 0.15) is 39.2 Å². The molecule has 1 aromatic heterocycles.